The number of aromatic nitrogens is 3. The van der Waals surface area contributed by atoms with E-state index in [2.05, 4.69) is 51.0 Å². The molecule has 2 heterocycles. The fourth-order valence-electron chi connectivity index (χ4n) is 3.47. The van der Waals surface area contributed by atoms with E-state index in [-0.39, 0.29) is 24.0 Å². The summed E-state index contributed by atoms with van der Waals surface area (Å²) in [5, 5.41) is 15.4. The molecule has 0 aliphatic carbocycles. The minimum Gasteiger partial charge on any atom is -0.361 e. The standard InChI is InChI=1S/C22H30N6O.HI/c1-15-13-16(2)28(26-15)21-11-7-6-9-19(21)14-25-22(23-5)24-12-8-10-20-17(3)27-29-18(20)4;/h6-7,9,11,13H,8,10,12,14H2,1-5H3,(H2,23,24,25);1H. The summed E-state index contributed by atoms with van der Waals surface area (Å²) < 4.78 is 7.22. The molecule has 0 saturated carbocycles. The molecular weight excluding hydrogens is 491 g/mol. The Kier molecular flexibility index (Phi) is 8.88. The fourth-order valence-corrected chi connectivity index (χ4v) is 3.47. The summed E-state index contributed by atoms with van der Waals surface area (Å²) in [5.74, 6) is 1.69. The molecule has 7 nitrogen and oxygen atoms in total. The second kappa shape index (κ2) is 11.1. The van der Waals surface area contributed by atoms with Crippen molar-refractivity contribution in [1.82, 2.24) is 25.6 Å². The zero-order valence-corrected chi connectivity index (χ0v) is 20.7. The Balaban J connectivity index is 0.00000320. The maximum Gasteiger partial charge on any atom is 0.191 e. The number of rotatable bonds is 7. The van der Waals surface area contributed by atoms with Gasteiger partial charge < -0.3 is 15.2 Å². The van der Waals surface area contributed by atoms with E-state index in [0.29, 0.717) is 6.54 Å². The highest BCUT2D eigenvalue weighted by molar-refractivity contribution is 14.0. The topological polar surface area (TPSA) is 80.3 Å². The molecule has 0 saturated heterocycles. The summed E-state index contributed by atoms with van der Waals surface area (Å²) >= 11 is 0. The molecule has 1 aromatic carbocycles. The Labute approximate surface area is 195 Å². The van der Waals surface area contributed by atoms with Gasteiger partial charge in [0.25, 0.3) is 0 Å². The molecule has 8 heteroatoms. The Hall–Kier alpha value is -2.36. The number of aliphatic imine (C=N–C) groups is 1. The van der Waals surface area contributed by atoms with Crippen LogP contribution in [-0.2, 0) is 13.0 Å². The van der Waals surface area contributed by atoms with Crippen LogP contribution in [0.3, 0.4) is 0 Å². The van der Waals surface area contributed by atoms with Gasteiger partial charge in [0.2, 0.25) is 0 Å². The van der Waals surface area contributed by atoms with Crippen LogP contribution < -0.4 is 10.6 Å². The number of benzene rings is 1. The summed E-state index contributed by atoms with van der Waals surface area (Å²) in [4.78, 5) is 4.34. The van der Waals surface area contributed by atoms with E-state index in [1.807, 2.05) is 37.6 Å². The third kappa shape index (κ3) is 5.84. The molecule has 0 aliphatic rings. The van der Waals surface area contributed by atoms with Gasteiger partial charge in [-0.3, -0.25) is 4.99 Å². The van der Waals surface area contributed by atoms with E-state index in [9.17, 15) is 0 Å². The summed E-state index contributed by atoms with van der Waals surface area (Å²) in [5.41, 5.74) is 6.56. The Bertz CT molecular complexity index is 972. The Morgan fingerprint density at radius 2 is 1.90 bits per heavy atom. The highest BCUT2D eigenvalue weighted by Gasteiger charge is 2.10. The molecule has 0 bridgehead atoms. The van der Waals surface area contributed by atoms with Crippen LogP contribution in [0.4, 0.5) is 0 Å². The van der Waals surface area contributed by atoms with E-state index < -0.39 is 0 Å². The third-order valence-corrected chi connectivity index (χ3v) is 4.98. The Morgan fingerprint density at radius 3 is 2.53 bits per heavy atom. The van der Waals surface area contributed by atoms with Crippen LogP contribution in [0.15, 0.2) is 39.8 Å². The molecule has 0 unspecified atom stereocenters. The second-order valence-electron chi connectivity index (χ2n) is 7.23. The summed E-state index contributed by atoms with van der Waals surface area (Å²) in [7, 11) is 1.79. The Morgan fingerprint density at radius 1 is 1.13 bits per heavy atom. The summed E-state index contributed by atoms with van der Waals surface area (Å²) in [6.07, 6.45) is 1.91. The molecule has 30 heavy (non-hydrogen) atoms. The number of hydrogen-bond acceptors (Lipinski definition) is 4. The van der Waals surface area contributed by atoms with E-state index >= 15 is 0 Å². The van der Waals surface area contributed by atoms with Crippen LogP contribution in [0.1, 0.15) is 40.4 Å². The van der Waals surface area contributed by atoms with Crippen molar-refractivity contribution in [3.8, 4) is 5.69 Å². The average molecular weight is 522 g/mol. The number of hydrogen-bond donors (Lipinski definition) is 2. The fraction of sp³-hybridized carbons (Fsp3) is 0.409. The van der Waals surface area contributed by atoms with Gasteiger partial charge in [-0.15, -0.1) is 24.0 Å². The predicted octanol–water partition coefficient (Wildman–Crippen LogP) is 4.01. The smallest absolute Gasteiger partial charge is 0.191 e. The first-order chi connectivity index (χ1) is 14.0. The van der Waals surface area contributed by atoms with Crippen molar-refractivity contribution in [2.45, 2.75) is 47.1 Å². The molecule has 0 radical (unpaired) electrons. The van der Waals surface area contributed by atoms with Gasteiger partial charge in [-0.25, -0.2) is 4.68 Å². The zero-order chi connectivity index (χ0) is 20.8. The van der Waals surface area contributed by atoms with Crippen molar-refractivity contribution in [3.63, 3.8) is 0 Å². The van der Waals surface area contributed by atoms with Crippen molar-refractivity contribution in [2.75, 3.05) is 13.6 Å². The first kappa shape index (κ1) is 23.9. The molecule has 0 fully saturated rings. The number of nitrogens with one attached hydrogen (secondary N) is 2. The quantitative estimate of drug-likeness (QED) is 0.212. The number of guanidine groups is 1. The van der Waals surface area contributed by atoms with Crippen molar-refractivity contribution in [3.05, 3.63) is 64.3 Å². The molecule has 2 N–H and O–H groups in total. The number of nitrogens with zero attached hydrogens (tertiary/aromatic N) is 4. The van der Waals surface area contributed by atoms with Crippen LogP contribution in [0.5, 0.6) is 0 Å². The van der Waals surface area contributed by atoms with Gasteiger partial charge in [-0.05, 0) is 58.2 Å². The minimum absolute atomic E-state index is 0. The summed E-state index contributed by atoms with van der Waals surface area (Å²) in [6, 6.07) is 10.4. The maximum absolute atomic E-state index is 5.23. The average Bonchev–Trinajstić information content (AvgIpc) is 3.22. The number of para-hydroxylation sites is 1. The minimum atomic E-state index is 0. The first-order valence-corrected chi connectivity index (χ1v) is 9.97. The molecule has 162 valence electrons. The van der Waals surface area contributed by atoms with E-state index in [1.54, 1.807) is 7.05 Å². The maximum atomic E-state index is 5.23. The largest absolute Gasteiger partial charge is 0.361 e. The second-order valence-corrected chi connectivity index (χ2v) is 7.23. The van der Waals surface area contributed by atoms with Crippen LogP contribution in [-0.4, -0.2) is 34.5 Å². The van der Waals surface area contributed by atoms with Crippen LogP contribution in [0.25, 0.3) is 5.69 Å². The predicted molar refractivity (Wildman–Crippen MR) is 131 cm³/mol. The van der Waals surface area contributed by atoms with Crippen LogP contribution in [0.2, 0.25) is 0 Å². The van der Waals surface area contributed by atoms with Crippen LogP contribution >= 0.6 is 24.0 Å². The van der Waals surface area contributed by atoms with Crippen molar-refractivity contribution < 1.29 is 4.52 Å². The SMILES string of the molecule is CN=C(NCCCc1c(C)noc1C)NCc1ccccc1-n1nc(C)cc1C.I. The van der Waals surface area contributed by atoms with Gasteiger partial charge in [0, 0.05) is 31.4 Å². The third-order valence-electron chi connectivity index (χ3n) is 4.98. The van der Waals surface area contributed by atoms with E-state index in [4.69, 9.17) is 4.52 Å². The highest BCUT2D eigenvalue weighted by atomic mass is 127. The lowest BCUT2D eigenvalue weighted by Gasteiger charge is -2.15. The summed E-state index contributed by atoms with van der Waals surface area (Å²) in [6.45, 7) is 9.52. The number of aryl methyl sites for hydroxylation is 4. The highest BCUT2D eigenvalue weighted by Crippen LogP contribution is 2.17. The van der Waals surface area contributed by atoms with Crippen molar-refractivity contribution >= 4 is 29.9 Å². The zero-order valence-electron chi connectivity index (χ0n) is 18.3. The van der Waals surface area contributed by atoms with Gasteiger partial charge in [0.05, 0.1) is 17.1 Å². The molecule has 2 aromatic heterocycles. The van der Waals surface area contributed by atoms with Crippen molar-refractivity contribution in [2.24, 2.45) is 4.99 Å². The first-order valence-electron chi connectivity index (χ1n) is 9.97. The molecule has 0 aliphatic heterocycles. The molecule has 3 rings (SSSR count). The lowest BCUT2D eigenvalue weighted by molar-refractivity contribution is 0.392. The van der Waals surface area contributed by atoms with E-state index in [0.717, 1.165) is 59.4 Å². The van der Waals surface area contributed by atoms with Crippen LogP contribution in [0, 0.1) is 27.7 Å². The molecule has 0 atom stereocenters. The van der Waals surface area contributed by atoms with Gasteiger partial charge >= 0.3 is 0 Å². The van der Waals surface area contributed by atoms with Gasteiger partial charge in [-0.1, -0.05) is 23.4 Å². The van der Waals surface area contributed by atoms with Gasteiger partial charge in [0.1, 0.15) is 5.76 Å². The molecule has 3 aromatic rings. The molecular formula is C22H31IN6O. The monoisotopic (exact) mass is 522 g/mol. The lowest BCUT2D eigenvalue weighted by atomic mass is 10.1. The van der Waals surface area contributed by atoms with E-state index in [1.165, 1.54) is 5.56 Å². The van der Waals surface area contributed by atoms with Crippen molar-refractivity contribution in [1.29, 1.82) is 0 Å². The molecule has 0 amide bonds. The lowest BCUT2D eigenvalue weighted by Crippen LogP contribution is -2.37. The van der Waals surface area contributed by atoms with Gasteiger partial charge in [-0.2, -0.15) is 5.10 Å². The molecule has 0 spiro atoms. The normalized spacial score (nSPS) is 11.3. The van der Waals surface area contributed by atoms with Gasteiger partial charge in [0.15, 0.2) is 5.96 Å². The number of halogens is 1.